The van der Waals surface area contributed by atoms with Gasteiger partial charge in [-0.2, -0.15) is 0 Å². The lowest BCUT2D eigenvalue weighted by atomic mass is 10.1. The molecule has 1 heterocycles. The van der Waals surface area contributed by atoms with E-state index in [2.05, 4.69) is 15.6 Å². The first-order valence-corrected chi connectivity index (χ1v) is 11.6. The second kappa shape index (κ2) is 9.65. The van der Waals surface area contributed by atoms with Gasteiger partial charge in [0.05, 0.1) is 33.0 Å². The van der Waals surface area contributed by atoms with Crippen molar-refractivity contribution >= 4 is 32.8 Å². The normalized spacial score (nSPS) is 12.1. The molecule has 11 heteroatoms. The molecule has 1 unspecified atom stereocenters. The van der Waals surface area contributed by atoms with Crippen LogP contribution in [0.4, 0.5) is 17.1 Å². The van der Waals surface area contributed by atoms with Crippen molar-refractivity contribution in [3.63, 3.8) is 0 Å². The molecule has 172 valence electrons. The Morgan fingerprint density at radius 3 is 2.55 bits per heavy atom. The summed E-state index contributed by atoms with van der Waals surface area (Å²) in [4.78, 5) is 27.9. The van der Waals surface area contributed by atoms with E-state index in [1.165, 1.54) is 25.1 Å². The van der Waals surface area contributed by atoms with E-state index in [9.17, 15) is 28.4 Å². The van der Waals surface area contributed by atoms with Crippen molar-refractivity contribution in [2.24, 2.45) is 0 Å². The maximum atomic E-state index is 12.7. The fourth-order valence-corrected chi connectivity index (χ4v) is 3.96. The quantitative estimate of drug-likeness (QED) is 0.255. The van der Waals surface area contributed by atoms with Crippen LogP contribution in [-0.2, 0) is 9.84 Å². The third-order valence-corrected chi connectivity index (χ3v) is 6.65. The fourth-order valence-electron chi connectivity index (χ4n) is 3.06. The predicted molar refractivity (Wildman–Crippen MR) is 123 cm³/mol. The van der Waals surface area contributed by atoms with Crippen LogP contribution in [0.2, 0.25) is 0 Å². The summed E-state index contributed by atoms with van der Waals surface area (Å²) >= 11 is 0. The molecule has 10 nitrogen and oxygen atoms in total. The van der Waals surface area contributed by atoms with Crippen molar-refractivity contribution in [3.8, 4) is 5.75 Å². The number of amides is 1. The number of hydrogen-bond donors (Lipinski definition) is 3. The maximum Gasteiger partial charge on any atom is 0.293 e. The van der Waals surface area contributed by atoms with Crippen LogP contribution < -0.4 is 10.6 Å². The van der Waals surface area contributed by atoms with Gasteiger partial charge in [-0.3, -0.25) is 19.9 Å². The van der Waals surface area contributed by atoms with Crippen LogP contribution in [0.25, 0.3) is 0 Å². The number of nitro benzene ring substituents is 1. The van der Waals surface area contributed by atoms with E-state index in [0.29, 0.717) is 5.69 Å². The molecule has 0 saturated heterocycles. The minimum atomic E-state index is -3.56. The number of nitro groups is 1. The summed E-state index contributed by atoms with van der Waals surface area (Å²) in [5.74, 6) is -1.23. The van der Waals surface area contributed by atoms with Gasteiger partial charge in [0.25, 0.3) is 11.6 Å². The van der Waals surface area contributed by atoms with Crippen LogP contribution in [0.5, 0.6) is 5.75 Å². The monoisotopic (exact) mass is 470 g/mol. The number of aromatic hydroxyl groups is 1. The van der Waals surface area contributed by atoms with Gasteiger partial charge in [-0.1, -0.05) is 13.0 Å². The Hall–Kier alpha value is -3.99. The molecule has 0 radical (unpaired) electrons. The summed E-state index contributed by atoms with van der Waals surface area (Å²) in [6, 6.07) is 12.5. The first-order chi connectivity index (χ1) is 15.6. The zero-order valence-corrected chi connectivity index (χ0v) is 18.7. The van der Waals surface area contributed by atoms with Crippen molar-refractivity contribution in [2.45, 2.75) is 24.8 Å². The van der Waals surface area contributed by atoms with Gasteiger partial charge >= 0.3 is 0 Å². The Bertz CT molecular complexity index is 1300. The number of nitrogens with one attached hydrogen (secondary N) is 2. The molecule has 0 aliphatic heterocycles. The lowest BCUT2D eigenvalue weighted by Crippen LogP contribution is -2.14. The molecule has 3 N–H and O–H groups in total. The SMILES string of the molecule is CCS(=O)(=O)c1ccc(O)c(NC(=O)c2ccc(NC(C)c3ccccn3)c([N+](=O)[O-])c2)c1. The molecule has 0 saturated carbocycles. The number of benzene rings is 2. The largest absolute Gasteiger partial charge is 0.506 e. The highest BCUT2D eigenvalue weighted by molar-refractivity contribution is 7.91. The molecule has 0 spiro atoms. The lowest BCUT2D eigenvalue weighted by molar-refractivity contribution is -0.384. The van der Waals surface area contributed by atoms with Crippen molar-refractivity contribution in [3.05, 3.63) is 82.2 Å². The number of phenolic OH excluding ortho intramolecular Hbond substituents is 1. The molecule has 0 bridgehead atoms. The Labute approximate surface area is 190 Å². The Balaban J connectivity index is 1.87. The van der Waals surface area contributed by atoms with Gasteiger partial charge in [0, 0.05) is 17.8 Å². The Morgan fingerprint density at radius 1 is 1.15 bits per heavy atom. The molecule has 1 amide bonds. The topological polar surface area (TPSA) is 152 Å². The molecule has 3 aromatic rings. The molecule has 0 fully saturated rings. The molecule has 2 aromatic carbocycles. The van der Waals surface area contributed by atoms with E-state index in [-0.39, 0.29) is 45.1 Å². The van der Waals surface area contributed by atoms with Crippen LogP contribution in [0.15, 0.2) is 65.7 Å². The van der Waals surface area contributed by atoms with Gasteiger partial charge in [-0.15, -0.1) is 0 Å². The van der Waals surface area contributed by atoms with Crippen molar-refractivity contribution < 1.29 is 23.2 Å². The number of carbonyl (C=O) groups excluding carboxylic acids is 1. The molecular formula is C22H22N4O6S. The van der Waals surface area contributed by atoms with E-state index >= 15 is 0 Å². The Morgan fingerprint density at radius 2 is 1.91 bits per heavy atom. The number of nitrogens with zero attached hydrogens (tertiary/aromatic N) is 2. The minimum absolute atomic E-state index is 0.0408. The summed E-state index contributed by atoms with van der Waals surface area (Å²) < 4.78 is 24.2. The van der Waals surface area contributed by atoms with Gasteiger partial charge < -0.3 is 15.7 Å². The second-order valence-corrected chi connectivity index (χ2v) is 9.42. The number of sulfone groups is 1. The molecule has 1 aromatic heterocycles. The first-order valence-electron chi connectivity index (χ1n) is 9.95. The van der Waals surface area contributed by atoms with Gasteiger partial charge in [0.15, 0.2) is 9.84 Å². The summed E-state index contributed by atoms with van der Waals surface area (Å²) in [6.07, 6.45) is 1.62. The summed E-state index contributed by atoms with van der Waals surface area (Å²) in [5, 5.41) is 27.1. The minimum Gasteiger partial charge on any atom is -0.506 e. The molecule has 3 rings (SSSR count). The van der Waals surface area contributed by atoms with Crippen LogP contribution >= 0.6 is 0 Å². The third-order valence-electron chi connectivity index (χ3n) is 4.92. The highest BCUT2D eigenvalue weighted by atomic mass is 32.2. The van der Waals surface area contributed by atoms with Crippen molar-refractivity contribution in [1.29, 1.82) is 0 Å². The van der Waals surface area contributed by atoms with E-state index in [1.807, 2.05) is 0 Å². The fraction of sp³-hybridized carbons (Fsp3) is 0.182. The smallest absolute Gasteiger partial charge is 0.293 e. The number of rotatable bonds is 8. The van der Waals surface area contributed by atoms with E-state index < -0.39 is 20.7 Å². The maximum absolute atomic E-state index is 12.7. The highest BCUT2D eigenvalue weighted by Crippen LogP contribution is 2.31. The highest BCUT2D eigenvalue weighted by Gasteiger charge is 2.21. The van der Waals surface area contributed by atoms with Gasteiger partial charge in [0.2, 0.25) is 0 Å². The zero-order valence-electron chi connectivity index (χ0n) is 17.8. The summed E-state index contributed by atoms with van der Waals surface area (Å²) in [5.41, 5.74) is 0.403. The van der Waals surface area contributed by atoms with Crippen LogP contribution in [0.3, 0.4) is 0 Å². The van der Waals surface area contributed by atoms with Crippen molar-refractivity contribution in [1.82, 2.24) is 4.98 Å². The zero-order chi connectivity index (χ0) is 24.2. The number of anilines is 2. The lowest BCUT2D eigenvalue weighted by Gasteiger charge is -2.15. The van der Waals surface area contributed by atoms with Crippen LogP contribution in [0.1, 0.15) is 35.9 Å². The number of carbonyl (C=O) groups is 1. The van der Waals surface area contributed by atoms with Crippen LogP contribution in [0, 0.1) is 10.1 Å². The molecular weight excluding hydrogens is 448 g/mol. The predicted octanol–water partition coefficient (Wildman–Crippen LogP) is 3.91. The van der Waals surface area contributed by atoms with Gasteiger partial charge in [-0.05, 0) is 49.4 Å². The van der Waals surface area contributed by atoms with Gasteiger partial charge in [-0.25, -0.2) is 8.42 Å². The van der Waals surface area contributed by atoms with Gasteiger partial charge in [0.1, 0.15) is 11.4 Å². The number of aromatic nitrogens is 1. The average Bonchev–Trinajstić information content (AvgIpc) is 2.80. The van der Waals surface area contributed by atoms with E-state index in [0.717, 1.165) is 18.2 Å². The molecule has 0 aliphatic rings. The first kappa shape index (κ1) is 23.7. The van der Waals surface area contributed by atoms with Crippen LogP contribution in [-0.4, -0.2) is 35.1 Å². The standard InChI is InChI=1S/C22H22N4O6S/c1-3-33(31,32)16-8-10-21(27)19(13-16)25-22(28)15-7-9-18(20(12-15)26(29)30)24-14(2)17-6-4-5-11-23-17/h4-14,24,27H,3H2,1-2H3,(H,25,28). The number of hydrogen-bond acceptors (Lipinski definition) is 8. The van der Waals surface area contributed by atoms with E-state index in [4.69, 9.17) is 0 Å². The third kappa shape index (κ3) is 5.44. The number of phenols is 1. The second-order valence-electron chi connectivity index (χ2n) is 7.15. The molecule has 1 atom stereocenters. The Kier molecular flexibility index (Phi) is 6.92. The molecule has 0 aliphatic carbocycles. The van der Waals surface area contributed by atoms with E-state index in [1.54, 1.807) is 31.3 Å². The summed E-state index contributed by atoms with van der Waals surface area (Å²) in [6.45, 7) is 3.27. The summed E-state index contributed by atoms with van der Waals surface area (Å²) in [7, 11) is -3.56. The number of pyridine rings is 1. The average molecular weight is 471 g/mol. The van der Waals surface area contributed by atoms with Crippen molar-refractivity contribution in [2.75, 3.05) is 16.4 Å². The molecule has 33 heavy (non-hydrogen) atoms.